The maximum Gasteiger partial charge on any atom is 0.242 e. The first-order valence-corrected chi connectivity index (χ1v) is 8.43. The van der Waals surface area contributed by atoms with E-state index < -0.39 is 0 Å². The van der Waals surface area contributed by atoms with Crippen LogP contribution in [0.2, 0.25) is 0 Å². The number of carbonyl (C=O) groups is 1. The lowest BCUT2D eigenvalue weighted by Crippen LogP contribution is -2.44. The normalized spacial score (nSPS) is 15.8. The van der Waals surface area contributed by atoms with Crippen LogP contribution >= 0.6 is 0 Å². The van der Waals surface area contributed by atoms with Crippen LogP contribution in [-0.2, 0) is 4.79 Å². The first-order valence-electron chi connectivity index (χ1n) is 8.43. The molecule has 1 rings (SSSR count). The Morgan fingerprint density at radius 2 is 1.91 bits per heavy atom. The Hall–Kier alpha value is -1.30. The van der Waals surface area contributed by atoms with Gasteiger partial charge in [0.05, 0.1) is 0 Å². The van der Waals surface area contributed by atoms with Gasteiger partial charge in [0.25, 0.3) is 0 Å². The number of hydrogen-bond acceptors (Lipinski definition) is 3. The van der Waals surface area contributed by atoms with Crippen LogP contribution in [0.3, 0.4) is 0 Å². The second-order valence-electron chi connectivity index (χ2n) is 6.78. The average Bonchev–Trinajstić information content (AvgIpc) is 3.23. The first-order chi connectivity index (χ1) is 10.4. The van der Waals surface area contributed by atoms with Crippen LogP contribution in [0.1, 0.15) is 47.5 Å². The Labute approximate surface area is 135 Å². The first kappa shape index (κ1) is 18.7. The molecule has 3 N–H and O–H groups in total. The van der Waals surface area contributed by atoms with Gasteiger partial charge in [0.15, 0.2) is 5.96 Å². The number of aliphatic imine (C=N–C) groups is 1. The molecule has 0 bridgehead atoms. The lowest BCUT2D eigenvalue weighted by atomic mass is 10.1. The van der Waals surface area contributed by atoms with Gasteiger partial charge in [-0.1, -0.05) is 6.92 Å². The van der Waals surface area contributed by atoms with Crippen LogP contribution in [-0.4, -0.2) is 61.1 Å². The summed E-state index contributed by atoms with van der Waals surface area (Å²) in [4.78, 5) is 18.6. The standard InChI is InChI=1S/C16H33N5O/c1-6-17-15(19-12-14(22)20-16(3,4)5)18-10-11-21(7-2)13-8-9-13/h13H,6-12H2,1-5H3,(H,20,22)(H2,17,18,19). The van der Waals surface area contributed by atoms with Crippen LogP contribution in [0.15, 0.2) is 4.99 Å². The molecular weight excluding hydrogens is 278 g/mol. The molecule has 1 amide bonds. The van der Waals surface area contributed by atoms with Gasteiger partial charge in [0.1, 0.15) is 6.54 Å². The molecule has 6 heteroatoms. The zero-order valence-electron chi connectivity index (χ0n) is 14.8. The summed E-state index contributed by atoms with van der Waals surface area (Å²) in [6, 6.07) is 0.781. The van der Waals surface area contributed by atoms with Crippen molar-refractivity contribution < 1.29 is 4.79 Å². The van der Waals surface area contributed by atoms with Crippen LogP contribution in [0.25, 0.3) is 0 Å². The van der Waals surface area contributed by atoms with Crippen molar-refractivity contribution in [3.8, 4) is 0 Å². The van der Waals surface area contributed by atoms with Gasteiger partial charge in [0, 0.05) is 31.2 Å². The summed E-state index contributed by atoms with van der Waals surface area (Å²) in [6.07, 6.45) is 2.66. The summed E-state index contributed by atoms with van der Waals surface area (Å²) >= 11 is 0. The van der Waals surface area contributed by atoms with Crippen LogP contribution < -0.4 is 16.0 Å². The smallest absolute Gasteiger partial charge is 0.242 e. The highest BCUT2D eigenvalue weighted by atomic mass is 16.2. The Kier molecular flexibility index (Phi) is 7.65. The summed E-state index contributed by atoms with van der Waals surface area (Å²) in [5.41, 5.74) is -0.218. The molecule has 1 fully saturated rings. The average molecular weight is 311 g/mol. The predicted molar refractivity (Wildman–Crippen MR) is 92.1 cm³/mol. The number of carbonyl (C=O) groups excluding carboxylic acids is 1. The van der Waals surface area contributed by atoms with Crippen LogP contribution in [0.4, 0.5) is 0 Å². The van der Waals surface area contributed by atoms with E-state index in [1.165, 1.54) is 12.8 Å². The monoisotopic (exact) mass is 311 g/mol. The molecule has 0 spiro atoms. The Morgan fingerprint density at radius 1 is 1.23 bits per heavy atom. The fourth-order valence-electron chi connectivity index (χ4n) is 2.31. The summed E-state index contributed by atoms with van der Waals surface area (Å²) in [6.45, 7) is 14.0. The molecule has 0 atom stereocenters. The zero-order chi connectivity index (χ0) is 16.6. The SMILES string of the molecule is CCNC(=NCC(=O)NC(C)(C)C)NCCN(CC)C1CC1. The molecular formula is C16H33N5O. The van der Waals surface area contributed by atoms with Crippen molar-refractivity contribution in [3.63, 3.8) is 0 Å². The topological polar surface area (TPSA) is 68.8 Å². The summed E-state index contributed by atoms with van der Waals surface area (Å²) in [5, 5.41) is 9.39. The van der Waals surface area contributed by atoms with Crippen molar-refractivity contribution in [2.24, 2.45) is 4.99 Å². The molecule has 0 heterocycles. The fraction of sp³-hybridized carbons (Fsp3) is 0.875. The van der Waals surface area contributed by atoms with Gasteiger partial charge in [-0.15, -0.1) is 0 Å². The molecule has 1 saturated carbocycles. The van der Waals surface area contributed by atoms with Crippen LogP contribution in [0, 0.1) is 0 Å². The predicted octanol–water partition coefficient (Wildman–Crippen LogP) is 0.941. The number of guanidine groups is 1. The molecule has 0 aromatic rings. The van der Waals surface area contributed by atoms with Crippen molar-refractivity contribution in [3.05, 3.63) is 0 Å². The van der Waals surface area contributed by atoms with E-state index in [4.69, 9.17) is 0 Å². The molecule has 6 nitrogen and oxygen atoms in total. The van der Waals surface area contributed by atoms with Crippen molar-refractivity contribution in [1.29, 1.82) is 0 Å². The number of hydrogen-bond donors (Lipinski definition) is 3. The van der Waals surface area contributed by atoms with E-state index in [1.54, 1.807) is 0 Å². The van der Waals surface area contributed by atoms with Crippen molar-refractivity contribution in [2.45, 2.75) is 59.0 Å². The maximum absolute atomic E-state index is 11.8. The van der Waals surface area contributed by atoms with Gasteiger partial charge >= 0.3 is 0 Å². The van der Waals surface area contributed by atoms with Crippen molar-refractivity contribution in [2.75, 3.05) is 32.7 Å². The van der Waals surface area contributed by atoms with Gasteiger partial charge in [-0.3, -0.25) is 9.69 Å². The minimum Gasteiger partial charge on any atom is -0.357 e. The summed E-state index contributed by atoms with van der Waals surface area (Å²) < 4.78 is 0. The number of likely N-dealkylation sites (N-methyl/N-ethyl adjacent to an activating group) is 1. The number of nitrogens with one attached hydrogen (secondary N) is 3. The maximum atomic E-state index is 11.8. The van der Waals surface area contributed by atoms with E-state index in [1.807, 2.05) is 27.7 Å². The fourth-order valence-corrected chi connectivity index (χ4v) is 2.31. The molecule has 0 unspecified atom stereocenters. The molecule has 1 aliphatic carbocycles. The number of amides is 1. The molecule has 1 aliphatic rings. The Bertz CT molecular complexity index is 371. The summed E-state index contributed by atoms with van der Waals surface area (Å²) in [5.74, 6) is 0.649. The van der Waals surface area contributed by atoms with Gasteiger partial charge in [0.2, 0.25) is 5.91 Å². The number of nitrogens with zero attached hydrogens (tertiary/aromatic N) is 2. The van der Waals surface area contributed by atoms with Gasteiger partial charge in [-0.2, -0.15) is 0 Å². The molecule has 0 radical (unpaired) electrons. The highest BCUT2D eigenvalue weighted by Gasteiger charge is 2.27. The number of rotatable bonds is 8. The Morgan fingerprint density at radius 3 is 2.41 bits per heavy atom. The minimum absolute atomic E-state index is 0.0575. The second-order valence-corrected chi connectivity index (χ2v) is 6.78. The van der Waals surface area contributed by atoms with Crippen molar-refractivity contribution >= 4 is 11.9 Å². The van der Waals surface area contributed by atoms with E-state index in [9.17, 15) is 4.79 Å². The molecule has 22 heavy (non-hydrogen) atoms. The van der Waals surface area contributed by atoms with E-state index in [-0.39, 0.29) is 18.0 Å². The third-order valence-corrected chi connectivity index (χ3v) is 3.40. The lowest BCUT2D eigenvalue weighted by Gasteiger charge is -2.21. The van der Waals surface area contributed by atoms with E-state index in [0.29, 0.717) is 5.96 Å². The van der Waals surface area contributed by atoms with Gasteiger partial charge < -0.3 is 16.0 Å². The Balaban J connectivity index is 2.36. The molecule has 128 valence electrons. The van der Waals surface area contributed by atoms with E-state index >= 15 is 0 Å². The third kappa shape index (κ3) is 8.22. The zero-order valence-corrected chi connectivity index (χ0v) is 14.8. The molecule has 0 aromatic heterocycles. The highest BCUT2D eigenvalue weighted by Crippen LogP contribution is 2.25. The lowest BCUT2D eigenvalue weighted by molar-refractivity contribution is -0.121. The minimum atomic E-state index is -0.218. The molecule has 0 aromatic carbocycles. The van der Waals surface area contributed by atoms with Crippen LogP contribution in [0.5, 0.6) is 0 Å². The third-order valence-electron chi connectivity index (χ3n) is 3.40. The second kappa shape index (κ2) is 8.98. The van der Waals surface area contributed by atoms with E-state index in [2.05, 4.69) is 32.8 Å². The van der Waals surface area contributed by atoms with Crippen molar-refractivity contribution in [1.82, 2.24) is 20.9 Å². The quantitative estimate of drug-likeness (QED) is 0.461. The molecule has 0 aliphatic heterocycles. The van der Waals surface area contributed by atoms with Gasteiger partial charge in [-0.05, 0) is 47.1 Å². The van der Waals surface area contributed by atoms with Gasteiger partial charge in [-0.25, -0.2) is 4.99 Å². The largest absolute Gasteiger partial charge is 0.357 e. The summed E-state index contributed by atoms with van der Waals surface area (Å²) in [7, 11) is 0. The van der Waals surface area contributed by atoms with E-state index in [0.717, 1.165) is 32.2 Å². The highest BCUT2D eigenvalue weighted by molar-refractivity contribution is 5.85. The molecule has 0 saturated heterocycles.